The van der Waals surface area contributed by atoms with Crippen LogP contribution in [0.1, 0.15) is 0 Å². The Morgan fingerprint density at radius 1 is 1.20 bits per heavy atom. The van der Waals surface area contributed by atoms with Gasteiger partial charge in [-0.05, 0) is 40.3 Å². The number of nitrogens with zero attached hydrogens (tertiary/aromatic N) is 3. The smallest absolute Gasteiger partial charge is 0.279 e. The molecule has 8 heteroatoms. The summed E-state index contributed by atoms with van der Waals surface area (Å²) in [6, 6.07) is 4.76. The highest BCUT2D eigenvalue weighted by molar-refractivity contribution is 7.67. The third kappa shape index (κ3) is 2.14. The van der Waals surface area contributed by atoms with E-state index in [2.05, 4.69) is 4.98 Å². The lowest BCUT2D eigenvalue weighted by Gasteiger charge is -2.30. The maximum Gasteiger partial charge on any atom is 0.279 e. The lowest BCUT2D eigenvalue weighted by Crippen LogP contribution is -2.28. The molecule has 2 rings (SSSR count). The van der Waals surface area contributed by atoms with Crippen molar-refractivity contribution in [1.29, 1.82) is 0 Å². The maximum atomic E-state index is 13.2. The Morgan fingerprint density at radius 2 is 1.80 bits per heavy atom. The second-order valence-electron chi connectivity index (χ2n) is 4.90. The quantitative estimate of drug-likeness (QED) is 0.530. The van der Waals surface area contributed by atoms with Gasteiger partial charge in [0.1, 0.15) is 0 Å². The number of rotatable bonds is 4. The number of nitro benzene ring substituents is 1. The van der Waals surface area contributed by atoms with Crippen molar-refractivity contribution < 1.29 is 9.49 Å². The van der Waals surface area contributed by atoms with Crippen LogP contribution >= 0.6 is 7.44 Å². The van der Waals surface area contributed by atoms with Crippen LogP contribution in [0.5, 0.6) is 0 Å². The number of nitro groups is 1. The van der Waals surface area contributed by atoms with Gasteiger partial charge in [0, 0.05) is 17.6 Å². The first kappa shape index (κ1) is 14.7. The molecule has 0 aliphatic carbocycles. The van der Waals surface area contributed by atoms with Gasteiger partial charge in [-0.2, -0.15) is 0 Å². The van der Waals surface area contributed by atoms with Gasteiger partial charge in [0.05, 0.1) is 15.8 Å². The monoisotopic (exact) mass is 296 g/mol. The molecule has 7 nitrogen and oxygen atoms in total. The van der Waals surface area contributed by atoms with E-state index in [1.165, 1.54) is 6.07 Å². The molecular formula is C12H17N4O3P. The van der Waals surface area contributed by atoms with Gasteiger partial charge in [-0.3, -0.25) is 14.7 Å². The molecule has 0 spiro atoms. The molecule has 0 aliphatic rings. The SMILES string of the molecule is CN(C)P(=O)(c1cc([N+](=O)[O-])c2cc[nH]c2c1)N(C)C. The summed E-state index contributed by atoms with van der Waals surface area (Å²) in [5.74, 6) is 0. The van der Waals surface area contributed by atoms with Crippen molar-refractivity contribution >= 4 is 29.3 Å². The van der Waals surface area contributed by atoms with Crippen molar-refractivity contribution in [2.45, 2.75) is 0 Å². The van der Waals surface area contributed by atoms with Crippen molar-refractivity contribution in [2.75, 3.05) is 28.2 Å². The minimum absolute atomic E-state index is 0.0392. The fourth-order valence-electron chi connectivity index (χ4n) is 2.27. The summed E-state index contributed by atoms with van der Waals surface area (Å²) < 4.78 is 16.4. The lowest BCUT2D eigenvalue weighted by molar-refractivity contribution is -0.383. The Hall–Kier alpha value is -1.69. The van der Waals surface area contributed by atoms with E-state index in [-0.39, 0.29) is 5.69 Å². The third-order valence-electron chi connectivity index (χ3n) is 3.25. The van der Waals surface area contributed by atoms with E-state index in [1.54, 1.807) is 55.9 Å². The number of fused-ring (bicyclic) bond motifs is 1. The van der Waals surface area contributed by atoms with Crippen molar-refractivity contribution in [3.63, 3.8) is 0 Å². The van der Waals surface area contributed by atoms with Gasteiger partial charge in [0.15, 0.2) is 0 Å². The van der Waals surface area contributed by atoms with E-state index >= 15 is 0 Å². The number of non-ortho nitro benzene ring substituents is 1. The summed E-state index contributed by atoms with van der Waals surface area (Å²) >= 11 is 0. The number of benzene rings is 1. The van der Waals surface area contributed by atoms with Crippen LogP contribution in [-0.2, 0) is 4.57 Å². The van der Waals surface area contributed by atoms with Crippen molar-refractivity contribution in [3.8, 4) is 0 Å². The van der Waals surface area contributed by atoms with Crippen LogP contribution in [0.4, 0.5) is 5.69 Å². The number of aromatic amines is 1. The highest BCUT2D eigenvalue weighted by Gasteiger charge is 2.33. The van der Waals surface area contributed by atoms with E-state index in [0.717, 1.165) is 0 Å². The Kier molecular flexibility index (Phi) is 3.69. The summed E-state index contributed by atoms with van der Waals surface area (Å²) in [5, 5.41) is 12.2. The van der Waals surface area contributed by atoms with Gasteiger partial charge in [-0.25, -0.2) is 9.34 Å². The van der Waals surface area contributed by atoms with Crippen LogP contribution in [0.3, 0.4) is 0 Å². The minimum Gasteiger partial charge on any atom is -0.361 e. The number of H-pyrrole nitrogens is 1. The molecule has 0 aliphatic heterocycles. The van der Waals surface area contributed by atoms with Crippen molar-refractivity contribution in [2.24, 2.45) is 0 Å². The molecule has 0 saturated heterocycles. The highest BCUT2D eigenvalue weighted by atomic mass is 31.2. The normalized spacial score (nSPS) is 12.5. The van der Waals surface area contributed by atoms with Crippen LogP contribution in [0.2, 0.25) is 0 Å². The minimum atomic E-state index is -3.02. The van der Waals surface area contributed by atoms with Crippen LogP contribution in [0.15, 0.2) is 24.4 Å². The average molecular weight is 296 g/mol. The van der Waals surface area contributed by atoms with Crippen LogP contribution in [0.25, 0.3) is 10.9 Å². The summed E-state index contributed by atoms with van der Waals surface area (Å²) in [6.07, 6.45) is 1.64. The average Bonchev–Trinajstić information content (AvgIpc) is 2.83. The molecule has 0 radical (unpaired) electrons. The van der Waals surface area contributed by atoms with Crippen molar-refractivity contribution in [1.82, 2.24) is 14.3 Å². The molecule has 0 unspecified atom stereocenters. The Labute approximate surface area is 116 Å². The molecule has 0 amide bonds. The molecule has 0 fully saturated rings. The van der Waals surface area contributed by atoms with E-state index in [0.29, 0.717) is 16.2 Å². The molecule has 1 aromatic heterocycles. The molecule has 0 saturated carbocycles. The summed E-state index contributed by atoms with van der Waals surface area (Å²) in [7, 11) is 3.78. The summed E-state index contributed by atoms with van der Waals surface area (Å²) in [5.41, 5.74) is 0.570. The first-order valence-electron chi connectivity index (χ1n) is 6.00. The number of nitrogens with one attached hydrogen (secondary N) is 1. The largest absolute Gasteiger partial charge is 0.361 e. The van der Waals surface area contributed by atoms with E-state index < -0.39 is 12.4 Å². The van der Waals surface area contributed by atoms with E-state index in [9.17, 15) is 14.7 Å². The number of aromatic nitrogens is 1. The van der Waals surface area contributed by atoms with Gasteiger partial charge in [-0.1, -0.05) is 0 Å². The first-order chi connectivity index (χ1) is 9.28. The van der Waals surface area contributed by atoms with E-state index in [4.69, 9.17) is 0 Å². The van der Waals surface area contributed by atoms with Crippen LogP contribution in [-0.4, -0.2) is 47.4 Å². The molecule has 2 aromatic rings. The van der Waals surface area contributed by atoms with Gasteiger partial charge in [0.25, 0.3) is 5.69 Å². The van der Waals surface area contributed by atoms with Gasteiger partial charge >= 0.3 is 0 Å². The first-order valence-corrected chi connectivity index (χ1v) is 7.61. The fraction of sp³-hybridized carbons (Fsp3) is 0.333. The number of hydrogen-bond acceptors (Lipinski definition) is 3. The third-order valence-corrected chi connectivity index (χ3v) is 6.35. The molecule has 1 aromatic carbocycles. The zero-order chi connectivity index (χ0) is 15.1. The molecule has 1 N–H and O–H groups in total. The van der Waals surface area contributed by atoms with Crippen molar-refractivity contribution in [3.05, 3.63) is 34.5 Å². The maximum absolute atomic E-state index is 13.2. The van der Waals surface area contributed by atoms with Gasteiger partial charge in [-0.15, -0.1) is 0 Å². The summed E-state index contributed by atoms with van der Waals surface area (Å²) in [4.78, 5) is 13.7. The zero-order valence-electron chi connectivity index (χ0n) is 11.8. The Bertz CT molecular complexity index is 696. The number of hydrogen-bond donors (Lipinski definition) is 1. The van der Waals surface area contributed by atoms with Gasteiger partial charge in [0.2, 0.25) is 7.44 Å². The topological polar surface area (TPSA) is 82.5 Å². The second-order valence-corrected chi connectivity index (χ2v) is 8.10. The predicted molar refractivity (Wildman–Crippen MR) is 79.6 cm³/mol. The second kappa shape index (κ2) is 5.01. The Morgan fingerprint density at radius 3 is 2.30 bits per heavy atom. The highest BCUT2D eigenvalue weighted by Crippen LogP contribution is 2.49. The molecule has 1 heterocycles. The van der Waals surface area contributed by atoms with Crippen LogP contribution < -0.4 is 5.30 Å². The van der Waals surface area contributed by atoms with E-state index in [1.807, 2.05) is 0 Å². The summed E-state index contributed by atoms with van der Waals surface area (Å²) in [6.45, 7) is 0. The Balaban J connectivity index is 2.78. The van der Waals surface area contributed by atoms with Crippen LogP contribution in [0, 0.1) is 10.1 Å². The van der Waals surface area contributed by atoms with Gasteiger partial charge < -0.3 is 4.98 Å². The molecule has 20 heavy (non-hydrogen) atoms. The molecule has 0 atom stereocenters. The lowest BCUT2D eigenvalue weighted by atomic mass is 10.2. The molecule has 108 valence electrons. The molecular weight excluding hydrogens is 279 g/mol. The zero-order valence-corrected chi connectivity index (χ0v) is 12.7. The fourth-order valence-corrected chi connectivity index (χ4v) is 4.50. The molecule has 0 bridgehead atoms. The standard InChI is InChI=1S/C12H17N4O3P/c1-14(2)20(19,15(3)4)9-7-11-10(5-6-13-11)12(8-9)16(17)18/h5-8,13H,1-4H3. The predicted octanol–water partition coefficient (Wildman–Crippen LogP) is 2.02.